The molecule has 11 heavy (non-hydrogen) atoms. The second-order valence-electron chi connectivity index (χ2n) is 3.83. The van der Waals surface area contributed by atoms with Crippen molar-refractivity contribution in [1.82, 2.24) is 4.90 Å². The number of amidine groups is 1. The van der Waals surface area contributed by atoms with Crippen molar-refractivity contribution in [3.63, 3.8) is 0 Å². The average molecular weight is 152 g/mol. The van der Waals surface area contributed by atoms with Crippen molar-refractivity contribution in [2.75, 3.05) is 6.54 Å². The smallest absolute Gasteiger partial charge is 0.0928 e. The van der Waals surface area contributed by atoms with Crippen LogP contribution in [0.15, 0.2) is 0 Å². The highest BCUT2D eigenvalue weighted by Crippen LogP contribution is 2.37. The third-order valence-corrected chi connectivity index (χ3v) is 3.19. The lowest BCUT2D eigenvalue weighted by molar-refractivity contribution is 0.361. The van der Waals surface area contributed by atoms with Gasteiger partial charge in [-0.3, -0.25) is 5.41 Å². The van der Waals surface area contributed by atoms with Crippen molar-refractivity contribution in [2.24, 2.45) is 5.92 Å². The first kappa shape index (κ1) is 7.14. The normalized spacial score (nSPS) is 35.9. The van der Waals surface area contributed by atoms with Crippen LogP contribution >= 0.6 is 0 Å². The van der Waals surface area contributed by atoms with Gasteiger partial charge in [-0.1, -0.05) is 6.42 Å². The van der Waals surface area contributed by atoms with Crippen LogP contribution in [-0.4, -0.2) is 23.3 Å². The molecular weight excluding hydrogens is 136 g/mol. The van der Waals surface area contributed by atoms with Gasteiger partial charge in [0.25, 0.3) is 0 Å². The topological polar surface area (TPSA) is 27.1 Å². The molecular formula is C9H16N2. The molecule has 2 heteroatoms. The molecule has 0 aromatic carbocycles. The average Bonchev–Trinajstić information content (AvgIpc) is 2.41. The SMILES string of the molecule is CC(=N)N1CCC2CCCC21. The van der Waals surface area contributed by atoms with E-state index in [2.05, 4.69) is 4.90 Å². The van der Waals surface area contributed by atoms with Crippen molar-refractivity contribution >= 4 is 5.84 Å². The van der Waals surface area contributed by atoms with E-state index in [1.165, 1.54) is 25.7 Å². The van der Waals surface area contributed by atoms with Crippen LogP contribution in [0.1, 0.15) is 32.6 Å². The van der Waals surface area contributed by atoms with E-state index >= 15 is 0 Å². The quantitative estimate of drug-likeness (QED) is 0.416. The zero-order valence-corrected chi connectivity index (χ0v) is 7.14. The Morgan fingerprint density at radius 1 is 1.36 bits per heavy atom. The Morgan fingerprint density at radius 3 is 2.91 bits per heavy atom. The summed E-state index contributed by atoms with van der Waals surface area (Å²) in [6, 6.07) is 0.743. The summed E-state index contributed by atoms with van der Waals surface area (Å²) in [6.45, 7) is 3.06. The van der Waals surface area contributed by atoms with E-state index < -0.39 is 0 Å². The van der Waals surface area contributed by atoms with Gasteiger partial charge in [-0.25, -0.2) is 0 Å². The van der Waals surface area contributed by atoms with Gasteiger partial charge in [0.05, 0.1) is 5.84 Å². The number of likely N-dealkylation sites (tertiary alicyclic amines) is 1. The van der Waals surface area contributed by atoms with Crippen LogP contribution in [0.3, 0.4) is 0 Å². The first-order chi connectivity index (χ1) is 5.29. The third kappa shape index (κ3) is 1.05. The van der Waals surface area contributed by atoms with Crippen LogP contribution in [0.25, 0.3) is 0 Å². The van der Waals surface area contributed by atoms with Gasteiger partial charge in [-0.2, -0.15) is 0 Å². The zero-order valence-electron chi connectivity index (χ0n) is 7.14. The number of fused-ring (bicyclic) bond motifs is 1. The van der Waals surface area contributed by atoms with Gasteiger partial charge in [0.1, 0.15) is 0 Å². The Morgan fingerprint density at radius 2 is 2.18 bits per heavy atom. The van der Waals surface area contributed by atoms with Gasteiger partial charge >= 0.3 is 0 Å². The molecule has 1 saturated heterocycles. The molecule has 2 rings (SSSR count). The molecule has 1 saturated carbocycles. The predicted molar refractivity (Wildman–Crippen MR) is 45.9 cm³/mol. The van der Waals surface area contributed by atoms with Gasteiger partial charge in [0.2, 0.25) is 0 Å². The van der Waals surface area contributed by atoms with Crippen molar-refractivity contribution < 1.29 is 0 Å². The first-order valence-corrected chi connectivity index (χ1v) is 4.61. The standard InChI is InChI=1S/C9H16N2/c1-7(10)11-6-5-8-3-2-4-9(8)11/h8-10H,2-6H2,1H3. The zero-order chi connectivity index (χ0) is 7.84. The number of nitrogens with one attached hydrogen (secondary N) is 1. The molecule has 2 fully saturated rings. The van der Waals surface area contributed by atoms with Crippen LogP contribution in [-0.2, 0) is 0 Å². The molecule has 0 spiro atoms. The highest BCUT2D eigenvalue weighted by molar-refractivity contribution is 5.77. The highest BCUT2D eigenvalue weighted by atomic mass is 15.2. The number of nitrogens with zero attached hydrogens (tertiary/aromatic N) is 1. The summed E-state index contributed by atoms with van der Waals surface area (Å²) in [5.74, 6) is 1.70. The van der Waals surface area contributed by atoms with Crippen molar-refractivity contribution in [2.45, 2.75) is 38.6 Å². The molecule has 0 amide bonds. The Bertz CT molecular complexity index is 176. The maximum Gasteiger partial charge on any atom is 0.0928 e. The van der Waals surface area contributed by atoms with E-state index in [9.17, 15) is 0 Å². The maximum absolute atomic E-state index is 7.57. The summed E-state index contributed by atoms with van der Waals surface area (Å²) in [7, 11) is 0. The third-order valence-electron chi connectivity index (χ3n) is 3.19. The molecule has 1 aliphatic carbocycles. The fourth-order valence-corrected chi connectivity index (χ4v) is 2.65. The van der Waals surface area contributed by atoms with Crippen molar-refractivity contribution in [1.29, 1.82) is 5.41 Å². The molecule has 2 unspecified atom stereocenters. The summed E-state index contributed by atoms with van der Waals surface area (Å²) < 4.78 is 0. The monoisotopic (exact) mass is 152 g/mol. The van der Waals surface area contributed by atoms with E-state index in [1.807, 2.05) is 6.92 Å². The molecule has 2 nitrogen and oxygen atoms in total. The van der Waals surface area contributed by atoms with Crippen LogP contribution in [0, 0.1) is 11.3 Å². The summed E-state index contributed by atoms with van der Waals surface area (Å²) >= 11 is 0. The summed E-state index contributed by atoms with van der Waals surface area (Å²) in [5, 5.41) is 7.57. The molecule has 0 aromatic heterocycles. The second kappa shape index (κ2) is 2.50. The van der Waals surface area contributed by atoms with E-state index in [1.54, 1.807) is 0 Å². The van der Waals surface area contributed by atoms with Crippen LogP contribution in [0.5, 0.6) is 0 Å². The molecule has 0 radical (unpaired) electrons. The van der Waals surface area contributed by atoms with Crippen molar-refractivity contribution in [3.8, 4) is 0 Å². The Labute approximate surface area is 68.1 Å². The molecule has 2 aliphatic rings. The van der Waals surface area contributed by atoms with Crippen molar-refractivity contribution in [3.05, 3.63) is 0 Å². The minimum Gasteiger partial charge on any atom is -0.358 e. The summed E-state index contributed by atoms with van der Waals surface area (Å²) in [4.78, 5) is 2.29. The Kier molecular flexibility index (Phi) is 1.63. The lowest BCUT2D eigenvalue weighted by atomic mass is 10.1. The van der Waals surface area contributed by atoms with Gasteiger partial charge in [-0.15, -0.1) is 0 Å². The molecule has 0 bridgehead atoms. The van der Waals surface area contributed by atoms with Crippen LogP contribution in [0.2, 0.25) is 0 Å². The predicted octanol–water partition coefficient (Wildman–Crippen LogP) is 1.86. The summed E-state index contributed by atoms with van der Waals surface area (Å²) in [5.41, 5.74) is 0. The number of hydrogen-bond acceptors (Lipinski definition) is 1. The lowest BCUT2D eigenvalue weighted by Gasteiger charge is -2.24. The second-order valence-corrected chi connectivity index (χ2v) is 3.83. The summed E-state index contributed by atoms with van der Waals surface area (Å²) in [6.07, 6.45) is 5.47. The van der Waals surface area contributed by atoms with E-state index in [0.29, 0.717) is 0 Å². The first-order valence-electron chi connectivity index (χ1n) is 4.61. The fraction of sp³-hybridized carbons (Fsp3) is 0.889. The number of rotatable bonds is 0. The van der Waals surface area contributed by atoms with Crippen LogP contribution in [0.4, 0.5) is 0 Å². The molecule has 1 aliphatic heterocycles. The van der Waals surface area contributed by atoms with Gasteiger partial charge in [-0.05, 0) is 32.1 Å². The minimum atomic E-state index is 0.743. The van der Waals surface area contributed by atoms with Gasteiger partial charge < -0.3 is 4.90 Å². The molecule has 2 atom stereocenters. The Hall–Kier alpha value is -0.530. The highest BCUT2D eigenvalue weighted by Gasteiger charge is 2.37. The van der Waals surface area contributed by atoms with Gasteiger partial charge in [0, 0.05) is 12.6 Å². The van der Waals surface area contributed by atoms with E-state index in [4.69, 9.17) is 5.41 Å². The van der Waals surface area contributed by atoms with E-state index in [-0.39, 0.29) is 0 Å². The maximum atomic E-state index is 7.57. The van der Waals surface area contributed by atoms with Gasteiger partial charge in [0.15, 0.2) is 0 Å². The number of hydrogen-bond donors (Lipinski definition) is 1. The largest absolute Gasteiger partial charge is 0.358 e. The van der Waals surface area contributed by atoms with Crippen LogP contribution < -0.4 is 0 Å². The molecule has 0 aromatic rings. The molecule has 1 heterocycles. The molecule has 62 valence electrons. The molecule has 1 N–H and O–H groups in total. The minimum absolute atomic E-state index is 0.743. The Balaban J connectivity index is 2.08. The lowest BCUT2D eigenvalue weighted by Crippen LogP contribution is -2.33. The fourth-order valence-electron chi connectivity index (χ4n) is 2.65. The van der Waals surface area contributed by atoms with E-state index in [0.717, 1.165) is 24.3 Å².